The van der Waals surface area contributed by atoms with Crippen LogP contribution in [0.3, 0.4) is 0 Å². The summed E-state index contributed by atoms with van der Waals surface area (Å²) >= 11 is 3.27. The molecule has 2 aromatic carbocycles. The maximum atomic E-state index is 11.8. The number of rotatable bonds is 4. The minimum Gasteiger partial charge on any atom is -0.508 e. The molecule has 4 nitrogen and oxygen atoms in total. The zero-order valence-corrected chi connectivity index (χ0v) is 12.0. The van der Waals surface area contributed by atoms with E-state index in [0.29, 0.717) is 5.56 Å². The largest absolute Gasteiger partial charge is 0.508 e. The van der Waals surface area contributed by atoms with Crippen molar-refractivity contribution in [1.82, 2.24) is 0 Å². The molecule has 1 N–H and O–H groups in total. The van der Waals surface area contributed by atoms with Crippen LogP contribution in [-0.2, 0) is 4.74 Å². The van der Waals surface area contributed by atoms with Gasteiger partial charge >= 0.3 is 5.97 Å². The van der Waals surface area contributed by atoms with Gasteiger partial charge in [0, 0.05) is 10.0 Å². The number of carbonyl (C=O) groups is 2. The van der Waals surface area contributed by atoms with Gasteiger partial charge in [-0.1, -0.05) is 34.1 Å². The fourth-order valence-electron chi connectivity index (χ4n) is 1.57. The number of hydrogen-bond donors (Lipinski definition) is 1. The van der Waals surface area contributed by atoms with Crippen molar-refractivity contribution in [1.29, 1.82) is 0 Å². The van der Waals surface area contributed by atoms with Gasteiger partial charge in [-0.15, -0.1) is 0 Å². The van der Waals surface area contributed by atoms with Crippen molar-refractivity contribution in [3.63, 3.8) is 0 Å². The van der Waals surface area contributed by atoms with Gasteiger partial charge in [-0.2, -0.15) is 0 Å². The van der Waals surface area contributed by atoms with E-state index < -0.39 is 5.97 Å². The number of aromatic hydroxyl groups is 1. The molecule has 0 bridgehead atoms. The van der Waals surface area contributed by atoms with Gasteiger partial charge < -0.3 is 9.84 Å². The Balaban J connectivity index is 1.96. The van der Waals surface area contributed by atoms with E-state index in [-0.39, 0.29) is 23.7 Å². The van der Waals surface area contributed by atoms with E-state index in [1.807, 2.05) is 0 Å². The van der Waals surface area contributed by atoms with Gasteiger partial charge in [-0.3, -0.25) is 4.79 Å². The zero-order valence-electron chi connectivity index (χ0n) is 10.4. The molecule has 0 amide bonds. The minimum absolute atomic E-state index is 0.0290. The standard InChI is InChI=1S/C15H11BrO4/c16-12-6-4-10(5-7-12)14(18)9-20-15(19)11-2-1-3-13(17)8-11/h1-8,17H,9H2. The Morgan fingerprint density at radius 1 is 1.05 bits per heavy atom. The van der Waals surface area contributed by atoms with Crippen LogP contribution in [0.4, 0.5) is 0 Å². The zero-order chi connectivity index (χ0) is 14.5. The molecule has 0 aliphatic carbocycles. The lowest BCUT2D eigenvalue weighted by Crippen LogP contribution is -2.14. The van der Waals surface area contributed by atoms with Crippen LogP contribution in [0.5, 0.6) is 5.75 Å². The van der Waals surface area contributed by atoms with Crippen LogP contribution < -0.4 is 0 Å². The summed E-state index contributed by atoms with van der Waals surface area (Å²) in [7, 11) is 0. The van der Waals surface area contributed by atoms with Crippen LogP contribution >= 0.6 is 15.9 Å². The molecule has 0 atom stereocenters. The van der Waals surface area contributed by atoms with Crippen LogP contribution in [0, 0.1) is 0 Å². The first-order valence-corrected chi connectivity index (χ1v) is 6.60. The highest BCUT2D eigenvalue weighted by Gasteiger charge is 2.12. The molecule has 5 heteroatoms. The van der Waals surface area contributed by atoms with Crippen LogP contribution in [0.1, 0.15) is 20.7 Å². The number of ether oxygens (including phenoxy) is 1. The molecule has 2 aromatic rings. The van der Waals surface area contributed by atoms with Crippen molar-refractivity contribution in [3.05, 3.63) is 64.1 Å². The molecule has 2 rings (SSSR count). The second-order valence-electron chi connectivity index (χ2n) is 4.06. The van der Waals surface area contributed by atoms with Crippen molar-refractivity contribution in [2.45, 2.75) is 0 Å². The first-order chi connectivity index (χ1) is 9.56. The lowest BCUT2D eigenvalue weighted by molar-refractivity contribution is 0.0474. The first-order valence-electron chi connectivity index (χ1n) is 5.81. The van der Waals surface area contributed by atoms with Crippen molar-refractivity contribution in [2.75, 3.05) is 6.61 Å². The number of Topliss-reactive ketones (excluding diaryl/α,β-unsaturated/α-hetero) is 1. The molecule has 0 saturated heterocycles. The summed E-state index contributed by atoms with van der Waals surface area (Å²) in [5.74, 6) is -0.962. The molecule has 20 heavy (non-hydrogen) atoms. The summed E-state index contributed by atoms with van der Waals surface area (Å²) in [5.41, 5.74) is 0.672. The van der Waals surface area contributed by atoms with Crippen molar-refractivity contribution >= 4 is 27.7 Å². The Morgan fingerprint density at radius 2 is 1.75 bits per heavy atom. The van der Waals surface area contributed by atoms with Crippen molar-refractivity contribution < 1.29 is 19.4 Å². The number of esters is 1. The second-order valence-corrected chi connectivity index (χ2v) is 4.97. The third-order valence-corrected chi connectivity index (χ3v) is 3.11. The molecule has 0 fully saturated rings. The summed E-state index contributed by atoms with van der Waals surface area (Å²) in [6, 6.07) is 12.5. The number of phenols is 1. The molecule has 0 saturated carbocycles. The monoisotopic (exact) mass is 334 g/mol. The van der Waals surface area contributed by atoms with E-state index in [1.54, 1.807) is 24.3 Å². The van der Waals surface area contributed by atoms with E-state index >= 15 is 0 Å². The Morgan fingerprint density at radius 3 is 2.40 bits per heavy atom. The molecular weight excluding hydrogens is 324 g/mol. The van der Waals surface area contributed by atoms with E-state index in [4.69, 9.17) is 4.74 Å². The third-order valence-electron chi connectivity index (χ3n) is 2.58. The quantitative estimate of drug-likeness (QED) is 0.688. The fourth-order valence-corrected chi connectivity index (χ4v) is 1.83. The van der Waals surface area contributed by atoms with Crippen molar-refractivity contribution in [2.24, 2.45) is 0 Å². The summed E-state index contributed by atoms with van der Waals surface area (Å²) in [5, 5.41) is 9.26. The number of halogens is 1. The van der Waals surface area contributed by atoms with Gasteiger partial charge in [0.25, 0.3) is 0 Å². The topological polar surface area (TPSA) is 63.6 Å². The number of phenolic OH excluding ortho intramolecular Hbond substituents is 1. The highest BCUT2D eigenvalue weighted by molar-refractivity contribution is 9.10. The predicted octanol–water partition coefficient (Wildman–Crippen LogP) is 3.19. The summed E-state index contributed by atoms with van der Waals surface area (Å²) in [4.78, 5) is 23.5. The molecule has 0 aliphatic heterocycles. The fraction of sp³-hybridized carbons (Fsp3) is 0.0667. The molecule has 0 spiro atoms. The number of benzene rings is 2. The average molecular weight is 335 g/mol. The van der Waals surface area contributed by atoms with E-state index in [0.717, 1.165) is 4.47 Å². The lowest BCUT2D eigenvalue weighted by Gasteiger charge is -2.05. The molecular formula is C15H11BrO4. The summed E-state index contributed by atoms with van der Waals surface area (Å²) in [6.07, 6.45) is 0. The maximum Gasteiger partial charge on any atom is 0.338 e. The van der Waals surface area contributed by atoms with E-state index in [9.17, 15) is 14.7 Å². The average Bonchev–Trinajstić information content (AvgIpc) is 2.45. The molecule has 102 valence electrons. The predicted molar refractivity (Wildman–Crippen MR) is 76.9 cm³/mol. The Hall–Kier alpha value is -2.14. The lowest BCUT2D eigenvalue weighted by atomic mass is 10.1. The van der Waals surface area contributed by atoms with Crippen LogP contribution in [0.25, 0.3) is 0 Å². The number of carbonyl (C=O) groups excluding carboxylic acids is 2. The van der Waals surface area contributed by atoms with Gasteiger partial charge in [0.2, 0.25) is 0 Å². The van der Waals surface area contributed by atoms with Gasteiger partial charge in [0.15, 0.2) is 12.4 Å². The molecule has 0 radical (unpaired) electrons. The van der Waals surface area contributed by atoms with Gasteiger partial charge in [-0.05, 0) is 30.3 Å². The molecule has 0 unspecified atom stereocenters. The minimum atomic E-state index is -0.647. The highest BCUT2D eigenvalue weighted by atomic mass is 79.9. The Bertz CT molecular complexity index is 635. The Kier molecular flexibility index (Phi) is 4.53. The maximum absolute atomic E-state index is 11.8. The summed E-state index contributed by atoms with van der Waals surface area (Å²) in [6.45, 7) is -0.337. The van der Waals surface area contributed by atoms with Crippen LogP contribution in [-0.4, -0.2) is 23.5 Å². The number of ketones is 1. The first kappa shape index (κ1) is 14.3. The summed E-state index contributed by atoms with van der Waals surface area (Å²) < 4.78 is 5.78. The van der Waals surface area contributed by atoms with Gasteiger partial charge in [0.1, 0.15) is 5.75 Å². The smallest absolute Gasteiger partial charge is 0.338 e. The van der Waals surface area contributed by atoms with Gasteiger partial charge in [0.05, 0.1) is 5.56 Å². The molecule has 0 aliphatic rings. The SMILES string of the molecule is O=C(COC(=O)c1cccc(O)c1)c1ccc(Br)cc1. The van der Waals surface area contributed by atoms with Crippen LogP contribution in [0.15, 0.2) is 53.0 Å². The highest BCUT2D eigenvalue weighted by Crippen LogP contribution is 2.13. The molecule has 0 aromatic heterocycles. The third kappa shape index (κ3) is 3.68. The Labute approximate surface area is 124 Å². The van der Waals surface area contributed by atoms with Crippen LogP contribution in [0.2, 0.25) is 0 Å². The van der Waals surface area contributed by atoms with E-state index in [1.165, 1.54) is 24.3 Å². The number of hydrogen-bond acceptors (Lipinski definition) is 4. The molecule has 0 heterocycles. The second kappa shape index (κ2) is 6.34. The van der Waals surface area contributed by atoms with E-state index in [2.05, 4.69) is 15.9 Å². The van der Waals surface area contributed by atoms with Gasteiger partial charge in [-0.25, -0.2) is 4.79 Å². The van der Waals surface area contributed by atoms with Crippen molar-refractivity contribution in [3.8, 4) is 5.75 Å². The normalized spacial score (nSPS) is 10.1.